The van der Waals surface area contributed by atoms with Crippen LogP contribution in [0.2, 0.25) is 0 Å². The largest absolute Gasteiger partial charge is 0.459 e. The first kappa shape index (κ1) is 29.8. The molecule has 1 aliphatic rings. The second-order valence-electron chi connectivity index (χ2n) is 10.5. The quantitative estimate of drug-likeness (QED) is 0.200. The van der Waals surface area contributed by atoms with E-state index in [1.807, 2.05) is 70.4 Å². The number of rotatable bonds is 6. The Morgan fingerprint density at radius 3 is 2.45 bits per heavy atom. The highest BCUT2D eigenvalue weighted by molar-refractivity contribution is 7.98. The molecule has 1 aromatic carbocycles. The van der Waals surface area contributed by atoms with Crippen LogP contribution in [0, 0.1) is 39.0 Å². The third-order valence-corrected chi connectivity index (χ3v) is 10.4. The maximum Gasteiger partial charge on any atom is 0.338 e. The van der Waals surface area contributed by atoms with Gasteiger partial charge in [-0.3, -0.25) is 9.36 Å². The molecule has 10 heteroatoms. The molecule has 0 saturated heterocycles. The Balaban J connectivity index is 1.69. The predicted molar refractivity (Wildman–Crippen MR) is 171 cm³/mol. The molecule has 4 heterocycles. The molecule has 1 atom stereocenters. The van der Waals surface area contributed by atoms with Gasteiger partial charge >= 0.3 is 5.97 Å². The summed E-state index contributed by atoms with van der Waals surface area (Å²) in [6.07, 6.45) is 3.59. The normalized spacial score (nSPS) is 15.1. The minimum Gasteiger partial charge on any atom is -0.459 e. The smallest absolute Gasteiger partial charge is 0.338 e. The van der Waals surface area contributed by atoms with Gasteiger partial charge in [-0.1, -0.05) is 23.5 Å². The summed E-state index contributed by atoms with van der Waals surface area (Å²) in [4.78, 5) is 34.9. The molecule has 7 nitrogen and oxygen atoms in total. The SMILES string of the molecule is CSc1ccc([C@@H]2C(C(=O)OC(C)C)=C(C)N=c3s/c(=C\c4cc(C)n(-c5sc(C)c(C)c5C#N)c4C)c(=O)n32)cc1. The molecule has 42 heavy (non-hydrogen) atoms. The van der Waals surface area contributed by atoms with E-state index < -0.39 is 12.0 Å². The molecule has 0 bridgehead atoms. The third kappa shape index (κ3) is 5.10. The second-order valence-corrected chi connectivity index (χ2v) is 13.6. The van der Waals surface area contributed by atoms with Crippen molar-refractivity contribution in [3.63, 3.8) is 0 Å². The van der Waals surface area contributed by atoms with Gasteiger partial charge in [-0.05, 0) is 95.7 Å². The van der Waals surface area contributed by atoms with Gasteiger partial charge in [0, 0.05) is 21.2 Å². The van der Waals surface area contributed by atoms with Crippen molar-refractivity contribution in [2.75, 3.05) is 6.26 Å². The van der Waals surface area contributed by atoms with Gasteiger partial charge in [0.15, 0.2) is 4.80 Å². The van der Waals surface area contributed by atoms with Crippen LogP contribution in [0.3, 0.4) is 0 Å². The first-order valence-corrected chi connectivity index (χ1v) is 16.4. The minimum absolute atomic E-state index is 0.217. The number of carbonyl (C=O) groups is 1. The van der Waals surface area contributed by atoms with Crippen molar-refractivity contribution in [3.8, 4) is 11.1 Å². The fraction of sp³-hybridized carbons (Fsp3) is 0.312. The second kappa shape index (κ2) is 11.6. The van der Waals surface area contributed by atoms with Gasteiger partial charge in [-0.2, -0.15) is 5.26 Å². The van der Waals surface area contributed by atoms with Crippen molar-refractivity contribution in [3.05, 3.63) is 99.8 Å². The minimum atomic E-state index is -0.659. The molecule has 3 aromatic heterocycles. The van der Waals surface area contributed by atoms with Gasteiger partial charge in [-0.25, -0.2) is 9.79 Å². The van der Waals surface area contributed by atoms with Crippen LogP contribution in [-0.2, 0) is 9.53 Å². The highest BCUT2D eigenvalue weighted by Gasteiger charge is 2.34. The molecular formula is C32H32N4O3S3. The topological polar surface area (TPSA) is 89.4 Å². The van der Waals surface area contributed by atoms with Crippen LogP contribution in [0.1, 0.15) is 65.3 Å². The molecular weight excluding hydrogens is 585 g/mol. The number of benzene rings is 1. The molecule has 0 amide bonds. The number of fused-ring (bicyclic) bond motifs is 1. The number of esters is 1. The summed E-state index contributed by atoms with van der Waals surface area (Å²) in [6, 6.07) is 11.7. The number of nitrogens with zero attached hydrogens (tertiary/aromatic N) is 4. The summed E-state index contributed by atoms with van der Waals surface area (Å²) >= 11 is 4.53. The van der Waals surface area contributed by atoms with Crippen LogP contribution in [0.25, 0.3) is 11.1 Å². The van der Waals surface area contributed by atoms with Crippen molar-refractivity contribution in [2.45, 2.75) is 65.5 Å². The zero-order chi connectivity index (χ0) is 30.5. The molecule has 4 aromatic rings. The van der Waals surface area contributed by atoms with E-state index in [0.717, 1.165) is 42.9 Å². The van der Waals surface area contributed by atoms with Crippen LogP contribution >= 0.6 is 34.4 Å². The number of hydrogen-bond acceptors (Lipinski definition) is 8. The van der Waals surface area contributed by atoms with Gasteiger partial charge in [0.25, 0.3) is 5.56 Å². The van der Waals surface area contributed by atoms with Crippen LogP contribution in [0.4, 0.5) is 0 Å². The summed E-state index contributed by atoms with van der Waals surface area (Å²) < 4.78 is 9.84. The van der Waals surface area contributed by atoms with Crippen LogP contribution in [0.15, 0.2) is 56.3 Å². The van der Waals surface area contributed by atoms with Gasteiger partial charge in [-0.15, -0.1) is 23.1 Å². The predicted octanol–water partition coefficient (Wildman–Crippen LogP) is 5.87. The molecule has 0 fully saturated rings. The maximum atomic E-state index is 14.1. The lowest BCUT2D eigenvalue weighted by Crippen LogP contribution is -2.40. The monoisotopic (exact) mass is 616 g/mol. The Morgan fingerprint density at radius 2 is 1.83 bits per heavy atom. The molecule has 0 spiro atoms. The number of ether oxygens (including phenoxy) is 1. The lowest BCUT2D eigenvalue weighted by molar-refractivity contribution is -0.143. The average Bonchev–Trinajstić information content (AvgIpc) is 3.51. The number of aromatic nitrogens is 2. The van der Waals surface area contributed by atoms with Gasteiger partial charge in [0.1, 0.15) is 11.1 Å². The van der Waals surface area contributed by atoms with Crippen molar-refractivity contribution in [2.24, 2.45) is 4.99 Å². The van der Waals surface area contributed by atoms with E-state index in [4.69, 9.17) is 9.73 Å². The molecule has 5 rings (SSSR count). The highest BCUT2D eigenvalue weighted by atomic mass is 32.2. The van der Waals surface area contributed by atoms with E-state index in [0.29, 0.717) is 26.2 Å². The lowest BCUT2D eigenvalue weighted by atomic mass is 9.96. The number of thiazole rings is 1. The van der Waals surface area contributed by atoms with E-state index in [-0.39, 0.29) is 11.7 Å². The average molecular weight is 617 g/mol. The van der Waals surface area contributed by atoms with E-state index in [2.05, 4.69) is 10.6 Å². The molecule has 0 unspecified atom stereocenters. The molecule has 0 aliphatic carbocycles. The van der Waals surface area contributed by atoms with Crippen LogP contribution in [-0.4, -0.2) is 27.5 Å². The van der Waals surface area contributed by atoms with Crippen LogP contribution in [0.5, 0.6) is 0 Å². The van der Waals surface area contributed by atoms with Crippen LogP contribution < -0.4 is 14.9 Å². The molecule has 0 radical (unpaired) electrons. The number of thioether (sulfide) groups is 1. The van der Waals surface area contributed by atoms with Crippen molar-refractivity contribution in [1.82, 2.24) is 9.13 Å². The number of carbonyl (C=O) groups excluding carboxylic acids is 1. The molecule has 216 valence electrons. The Hall–Kier alpha value is -3.65. The lowest BCUT2D eigenvalue weighted by Gasteiger charge is -2.25. The number of hydrogen-bond donors (Lipinski definition) is 0. The van der Waals surface area contributed by atoms with Gasteiger partial charge in [0.05, 0.1) is 33.5 Å². The number of nitriles is 1. The summed E-state index contributed by atoms with van der Waals surface area (Å²) in [7, 11) is 0. The van der Waals surface area contributed by atoms with Gasteiger partial charge in [0.2, 0.25) is 0 Å². The maximum absolute atomic E-state index is 14.1. The number of allylic oxidation sites excluding steroid dienone is 1. The van der Waals surface area contributed by atoms with Gasteiger partial charge < -0.3 is 9.30 Å². The number of aryl methyl sites for hydroxylation is 2. The van der Waals surface area contributed by atoms with Crippen molar-refractivity contribution in [1.29, 1.82) is 5.26 Å². The number of thiophene rings is 1. The van der Waals surface area contributed by atoms with E-state index in [1.165, 1.54) is 11.3 Å². The summed E-state index contributed by atoms with van der Waals surface area (Å²) in [5, 5.41) is 10.7. The standard InChI is InChI=1S/C32H32N4O3S3/c1-16(2)39-31(38)27-19(5)34-32-36(28(27)22-9-11-24(40-8)12-10-22)29(37)26(42-32)14-23-13-17(3)35(20(23)6)30-25(15-33)18(4)21(7)41-30/h9-14,16,28H,1-8H3/b26-14-/t28-/m1/s1. The highest BCUT2D eigenvalue weighted by Crippen LogP contribution is 2.34. The summed E-state index contributed by atoms with van der Waals surface area (Å²) in [5.41, 5.74) is 5.98. The Morgan fingerprint density at radius 1 is 1.14 bits per heavy atom. The van der Waals surface area contributed by atoms with E-state index in [9.17, 15) is 14.9 Å². The Kier molecular flexibility index (Phi) is 8.21. The summed E-state index contributed by atoms with van der Waals surface area (Å²) in [5.74, 6) is -0.474. The first-order valence-electron chi connectivity index (χ1n) is 13.5. The van der Waals surface area contributed by atoms with Crippen molar-refractivity contribution >= 4 is 46.5 Å². The Bertz CT molecular complexity index is 1980. The fourth-order valence-corrected chi connectivity index (χ4v) is 7.91. The zero-order valence-electron chi connectivity index (χ0n) is 24.9. The fourth-order valence-electron chi connectivity index (χ4n) is 5.25. The molecule has 0 N–H and O–H groups in total. The van der Waals surface area contributed by atoms with Crippen molar-refractivity contribution < 1.29 is 9.53 Å². The Labute approximate surface area is 257 Å². The third-order valence-electron chi connectivity index (χ3n) is 7.45. The molecule has 1 aliphatic heterocycles. The van der Waals surface area contributed by atoms with E-state index in [1.54, 1.807) is 48.4 Å². The first-order chi connectivity index (χ1) is 20.0. The summed E-state index contributed by atoms with van der Waals surface area (Å²) in [6.45, 7) is 13.4. The van der Waals surface area contributed by atoms with E-state index >= 15 is 0 Å². The molecule has 0 saturated carbocycles. The zero-order valence-corrected chi connectivity index (χ0v) is 27.3.